The third-order valence-corrected chi connectivity index (χ3v) is 4.23. The highest BCUT2D eigenvalue weighted by Crippen LogP contribution is 2.33. The molecular weight excluding hydrogens is 340 g/mol. The standard InChI is InChI=1S/C20H14.C3H4O4/c1-3-11-17-15(7-1)9-5-13-19(17)20-14-6-10-16-8-2-4-12-18(16)20;1-7-3(6)2(4)5/h1-14H;1H3,(H,4,5). The van der Waals surface area contributed by atoms with Crippen molar-refractivity contribution in [1.29, 1.82) is 0 Å². The van der Waals surface area contributed by atoms with Crippen molar-refractivity contribution in [3.63, 3.8) is 0 Å². The van der Waals surface area contributed by atoms with Crippen LogP contribution in [0.1, 0.15) is 0 Å². The topological polar surface area (TPSA) is 63.6 Å². The molecule has 4 aromatic rings. The number of methoxy groups -OCH3 is 1. The second-order valence-electron chi connectivity index (χ2n) is 5.85. The fourth-order valence-corrected chi connectivity index (χ4v) is 3.01. The van der Waals surface area contributed by atoms with E-state index in [0.29, 0.717) is 0 Å². The molecule has 0 spiro atoms. The van der Waals surface area contributed by atoms with E-state index in [0.717, 1.165) is 7.11 Å². The van der Waals surface area contributed by atoms with Crippen molar-refractivity contribution >= 4 is 33.5 Å². The average Bonchev–Trinajstić information content (AvgIpc) is 2.72. The normalized spacial score (nSPS) is 10.1. The van der Waals surface area contributed by atoms with Gasteiger partial charge < -0.3 is 9.84 Å². The fourth-order valence-electron chi connectivity index (χ4n) is 3.01. The van der Waals surface area contributed by atoms with Crippen LogP contribution in [0, 0.1) is 0 Å². The lowest BCUT2D eigenvalue weighted by Gasteiger charge is -2.10. The smallest absolute Gasteiger partial charge is 0.417 e. The van der Waals surface area contributed by atoms with Gasteiger partial charge in [0.2, 0.25) is 0 Å². The Kier molecular flexibility index (Phi) is 5.47. The Morgan fingerprint density at radius 2 is 1.07 bits per heavy atom. The van der Waals surface area contributed by atoms with E-state index in [9.17, 15) is 9.59 Å². The minimum absolute atomic E-state index is 1.01. The molecule has 0 aliphatic rings. The van der Waals surface area contributed by atoms with Gasteiger partial charge in [-0.25, -0.2) is 9.59 Å². The van der Waals surface area contributed by atoms with Crippen molar-refractivity contribution in [3.8, 4) is 11.1 Å². The molecule has 0 amide bonds. The molecule has 0 aromatic heterocycles. The maximum absolute atomic E-state index is 9.69. The van der Waals surface area contributed by atoms with Gasteiger partial charge >= 0.3 is 11.9 Å². The molecule has 0 aliphatic heterocycles. The van der Waals surface area contributed by atoms with Crippen molar-refractivity contribution in [1.82, 2.24) is 0 Å². The number of fused-ring (bicyclic) bond motifs is 2. The molecule has 0 radical (unpaired) electrons. The van der Waals surface area contributed by atoms with Gasteiger partial charge in [0.15, 0.2) is 0 Å². The zero-order chi connectivity index (χ0) is 19.2. The molecular formula is C23H18O4. The summed E-state index contributed by atoms with van der Waals surface area (Å²) in [5, 5.41) is 12.9. The number of carbonyl (C=O) groups excluding carboxylic acids is 1. The minimum atomic E-state index is -1.57. The van der Waals surface area contributed by atoms with E-state index in [4.69, 9.17) is 5.11 Å². The number of carboxylic acid groups (broad SMARTS) is 1. The maximum atomic E-state index is 9.69. The lowest BCUT2D eigenvalue weighted by molar-refractivity contribution is -0.161. The van der Waals surface area contributed by atoms with Gasteiger partial charge in [-0.15, -0.1) is 0 Å². The largest absolute Gasteiger partial charge is 0.473 e. The summed E-state index contributed by atoms with van der Waals surface area (Å²) in [5.41, 5.74) is 2.61. The lowest BCUT2D eigenvalue weighted by Crippen LogP contribution is -2.13. The number of aliphatic carboxylic acids is 1. The highest BCUT2D eigenvalue weighted by atomic mass is 16.5. The fraction of sp³-hybridized carbons (Fsp3) is 0.0435. The van der Waals surface area contributed by atoms with E-state index in [1.807, 2.05) is 0 Å². The van der Waals surface area contributed by atoms with Gasteiger partial charge in [0.25, 0.3) is 0 Å². The summed E-state index contributed by atoms with van der Waals surface area (Å²) in [6, 6.07) is 30.2. The number of hydrogen-bond donors (Lipinski definition) is 1. The molecule has 1 N–H and O–H groups in total. The first-order valence-corrected chi connectivity index (χ1v) is 8.39. The zero-order valence-electron chi connectivity index (χ0n) is 14.8. The van der Waals surface area contributed by atoms with Crippen molar-refractivity contribution in [3.05, 3.63) is 84.9 Å². The molecule has 0 heterocycles. The van der Waals surface area contributed by atoms with Crippen LogP contribution in [0.5, 0.6) is 0 Å². The van der Waals surface area contributed by atoms with Gasteiger partial charge in [-0.2, -0.15) is 0 Å². The van der Waals surface area contributed by atoms with Gasteiger partial charge in [0.1, 0.15) is 0 Å². The van der Waals surface area contributed by atoms with Crippen molar-refractivity contribution in [2.24, 2.45) is 0 Å². The molecule has 0 atom stereocenters. The maximum Gasteiger partial charge on any atom is 0.417 e. The Labute approximate surface area is 156 Å². The van der Waals surface area contributed by atoms with Gasteiger partial charge in [-0.3, -0.25) is 0 Å². The summed E-state index contributed by atoms with van der Waals surface area (Å²) in [5.74, 6) is -2.80. The predicted molar refractivity (Wildman–Crippen MR) is 107 cm³/mol. The van der Waals surface area contributed by atoms with E-state index < -0.39 is 11.9 Å². The molecule has 4 heteroatoms. The number of benzene rings is 4. The molecule has 4 nitrogen and oxygen atoms in total. The summed E-state index contributed by atoms with van der Waals surface area (Å²) in [4.78, 5) is 19.1. The van der Waals surface area contributed by atoms with Crippen LogP contribution in [0.4, 0.5) is 0 Å². The lowest BCUT2D eigenvalue weighted by atomic mass is 9.94. The molecule has 0 fully saturated rings. The highest BCUT2D eigenvalue weighted by Gasteiger charge is 2.08. The van der Waals surface area contributed by atoms with Gasteiger partial charge in [-0.05, 0) is 32.7 Å². The summed E-state index contributed by atoms with van der Waals surface area (Å²) >= 11 is 0. The second-order valence-corrected chi connectivity index (χ2v) is 5.85. The number of rotatable bonds is 1. The third kappa shape index (κ3) is 3.96. The first-order chi connectivity index (χ1) is 13.1. The molecule has 0 unspecified atom stereocenters. The van der Waals surface area contributed by atoms with Crippen LogP contribution in [0.3, 0.4) is 0 Å². The van der Waals surface area contributed by atoms with E-state index in [1.54, 1.807) is 0 Å². The van der Waals surface area contributed by atoms with Gasteiger partial charge in [0, 0.05) is 0 Å². The van der Waals surface area contributed by atoms with Crippen molar-refractivity contribution < 1.29 is 19.4 Å². The molecule has 0 saturated heterocycles. The van der Waals surface area contributed by atoms with Crippen LogP contribution in [0.25, 0.3) is 32.7 Å². The second kappa shape index (κ2) is 8.15. The molecule has 27 heavy (non-hydrogen) atoms. The Bertz CT molecular complexity index is 1030. The first kappa shape index (κ1) is 18.1. The van der Waals surface area contributed by atoms with Gasteiger partial charge in [0.05, 0.1) is 7.11 Å². The number of carboxylic acids is 1. The zero-order valence-corrected chi connectivity index (χ0v) is 14.8. The van der Waals surface area contributed by atoms with E-state index >= 15 is 0 Å². The molecule has 0 bridgehead atoms. The Morgan fingerprint density at radius 1 is 0.667 bits per heavy atom. The van der Waals surface area contributed by atoms with Crippen LogP contribution in [-0.4, -0.2) is 24.2 Å². The van der Waals surface area contributed by atoms with Crippen LogP contribution >= 0.6 is 0 Å². The SMILES string of the molecule is COC(=O)C(=O)O.c1ccc2c(-c3cccc4ccccc34)cccc2c1. The Balaban J connectivity index is 0.000000260. The number of esters is 1. The number of ether oxygens (including phenoxy) is 1. The summed E-state index contributed by atoms with van der Waals surface area (Å²) < 4.78 is 3.77. The van der Waals surface area contributed by atoms with Crippen LogP contribution in [0.2, 0.25) is 0 Å². The molecule has 4 rings (SSSR count). The summed E-state index contributed by atoms with van der Waals surface area (Å²) in [6.07, 6.45) is 0. The van der Waals surface area contributed by atoms with E-state index in [1.165, 1.54) is 32.7 Å². The quantitative estimate of drug-likeness (QED) is 0.388. The summed E-state index contributed by atoms with van der Waals surface area (Å²) in [6.45, 7) is 0. The molecule has 4 aromatic carbocycles. The van der Waals surface area contributed by atoms with Gasteiger partial charge in [-0.1, -0.05) is 84.9 Å². The van der Waals surface area contributed by atoms with Crippen LogP contribution in [-0.2, 0) is 14.3 Å². The third-order valence-electron chi connectivity index (χ3n) is 4.23. The monoisotopic (exact) mass is 358 g/mol. The Morgan fingerprint density at radius 3 is 1.44 bits per heavy atom. The van der Waals surface area contributed by atoms with Crippen LogP contribution < -0.4 is 0 Å². The van der Waals surface area contributed by atoms with Crippen molar-refractivity contribution in [2.45, 2.75) is 0 Å². The molecule has 0 aliphatic carbocycles. The van der Waals surface area contributed by atoms with Crippen LogP contribution in [0.15, 0.2) is 84.9 Å². The van der Waals surface area contributed by atoms with Crippen molar-refractivity contribution in [2.75, 3.05) is 7.11 Å². The predicted octanol–water partition coefficient (Wildman–Crippen LogP) is 4.90. The van der Waals surface area contributed by atoms with E-state index in [2.05, 4.69) is 89.7 Å². The summed E-state index contributed by atoms with van der Waals surface area (Å²) in [7, 11) is 1.01. The highest BCUT2D eigenvalue weighted by molar-refractivity contribution is 6.28. The average molecular weight is 358 g/mol. The molecule has 0 saturated carbocycles. The number of hydrogen-bond acceptors (Lipinski definition) is 3. The van der Waals surface area contributed by atoms with E-state index in [-0.39, 0.29) is 0 Å². The Hall–Kier alpha value is -3.66. The number of carbonyl (C=O) groups is 2. The minimum Gasteiger partial charge on any atom is -0.473 e. The molecule has 134 valence electrons. The first-order valence-electron chi connectivity index (χ1n) is 8.39.